The second-order valence-corrected chi connectivity index (χ2v) is 10.2. The SMILES string of the molecule is O=C(COc1cccc(-c2csc(N3CCOCC3)n2)c1)NCC(=O)Nc1ccc(C2CCC(=O)NC2=O)cc1. The third kappa shape index (κ3) is 7.01. The van der Waals surface area contributed by atoms with E-state index in [-0.39, 0.29) is 25.0 Å². The van der Waals surface area contributed by atoms with Crippen LogP contribution in [0.25, 0.3) is 11.3 Å². The Morgan fingerprint density at radius 1 is 1.10 bits per heavy atom. The summed E-state index contributed by atoms with van der Waals surface area (Å²) in [4.78, 5) is 54.9. The second-order valence-electron chi connectivity index (χ2n) is 9.38. The number of carbonyl (C=O) groups is 4. The minimum atomic E-state index is -0.433. The zero-order chi connectivity index (χ0) is 27.9. The molecule has 5 rings (SSSR count). The molecule has 2 saturated heterocycles. The highest BCUT2D eigenvalue weighted by Gasteiger charge is 2.27. The Morgan fingerprint density at radius 3 is 2.67 bits per heavy atom. The van der Waals surface area contributed by atoms with Crippen LogP contribution in [0.2, 0.25) is 0 Å². The van der Waals surface area contributed by atoms with E-state index < -0.39 is 17.7 Å². The number of hydrogen-bond donors (Lipinski definition) is 3. The molecule has 0 radical (unpaired) electrons. The van der Waals surface area contributed by atoms with Gasteiger partial charge in [-0.25, -0.2) is 4.98 Å². The van der Waals surface area contributed by atoms with Crippen LogP contribution in [0.5, 0.6) is 5.75 Å². The van der Waals surface area contributed by atoms with Gasteiger partial charge in [0.05, 0.1) is 31.4 Å². The topological polar surface area (TPSA) is 139 Å². The predicted octanol–water partition coefficient (Wildman–Crippen LogP) is 2.30. The molecular weight excluding hydrogens is 534 g/mol. The largest absolute Gasteiger partial charge is 0.484 e. The molecule has 2 aromatic carbocycles. The molecule has 40 heavy (non-hydrogen) atoms. The summed E-state index contributed by atoms with van der Waals surface area (Å²) in [7, 11) is 0. The van der Waals surface area contributed by atoms with Crippen LogP contribution in [0.15, 0.2) is 53.9 Å². The van der Waals surface area contributed by atoms with Crippen molar-refractivity contribution in [1.82, 2.24) is 15.6 Å². The van der Waals surface area contributed by atoms with Crippen molar-refractivity contribution in [2.45, 2.75) is 18.8 Å². The Kier molecular flexibility index (Phi) is 8.67. The van der Waals surface area contributed by atoms with Crippen molar-refractivity contribution in [2.75, 3.05) is 49.7 Å². The molecule has 2 aliphatic rings. The van der Waals surface area contributed by atoms with E-state index in [2.05, 4.69) is 20.9 Å². The maximum absolute atomic E-state index is 12.3. The lowest BCUT2D eigenvalue weighted by molar-refractivity contribution is -0.134. The van der Waals surface area contributed by atoms with Crippen molar-refractivity contribution >= 4 is 45.8 Å². The van der Waals surface area contributed by atoms with Gasteiger partial charge in [-0.05, 0) is 36.2 Å². The number of hydrogen-bond acceptors (Lipinski definition) is 9. The van der Waals surface area contributed by atoms with Crippen molar-refractivity contribution < 1.29 is 28.7 Å². The number of benzene rings is 2. The first-order valence-electron chi connectivity index (χ1n) is 13.0. The fourth-order valence-electron chi connectivity index (χ4n) is 4.44. The summed E-state index contributed by atoms with van der Waals surface area (Å²) in [5, 5.41) is 10.5. The first-order chi connectivity index (χ1) is 19.4. The van der Waals surface area contributed by atoms with Crippen LogP contribution < -0.4 is 25.6 Å². The molecule has 3 heterocycles. The smallest absolute Gasteiger partial charge is 0.258 e. The van der Waals surface area contributed by atoms with E-state index in [4.69, 9.17) is 14.5 Å². The molecule has 0 bridgehead atoms. The number of rotatable bonds is 9. The van der Waals surface area contributed by atoms with E-state index in [9.17, 15) is 19.2 Å². The molecule has 0 spiro atoms. The number of piperidine rings is 1. The van der Waals surface area contributed by atoms with E-state index in [1.807, 2.05) is 23.6 Å². The summed E-state index contributed by atoms with van der Waals surface area (Å²) in [6.07, 6.45) is 0.751. The van der Waals surface area contributed by atoms with Gasteiger partial charge in [-0.1, -0.05) is 24.3 Å². The fraction of sp³-hybridized carbons (Fsp3) is 0.321. The maximum atomic E-state index is 12.3. The monoisotopic (exact) mass is 563 g/mol. The highest BCUT2D eigenvalue weighted by atomic mass is 32.1. The third-order valence-corrected chi connectivity index (χ3v) is 7.46. The number of morpholine rings is 1. The number of aromatic nitrogens is 1. The van der Waals surface area contributed by atoms with E-state index in [1.54, 1.807) is 41.7 Å². The molecule has 208 valence electrons. The molecule has 1 unspecified atom stereocenters. The molecule has 1 aromatic heterocycles. The van der Waals surface area contributed by atoms with E-state index in [0.717, 1.165) is 35.0 Å². The average Bonchev–Trinajstić information content (AvgIpc) is 3.47. The number of ether oxygens (including phenoxy) is 2. The Morgan fingerprint density at radius 2 is 1.90 bits per heavy atom. The molecule has 0 saturated carbocycles. The summed E-state index contributed by atoms with van der Waals surface area (Å²) in [6, 6.07) is 14.2. The maximum Gasteiger partial charge on any atom is 0.258 e. The van der Waals surface area contributed by atoms with Gasteiger partial charge in [-0.15, -0.1) is 11.3 Å². The zero-order valence-corrected chi connectivity index (χ0v) is 22.5. The van der Waals surface area contributed by atoms with Gasteiger partial charge in [0.1, 0.15) is 5.75 Å². The van der Waals surface area contributed by atoms with Gasteiger partial charge in [0.25, 0.3) is 5.91 Å². The third-order valence-electron chi connectivity index (χ3n) is 6.56. The second kappa shape index (κ2) is 12.7. The molecule has 3 N–H and O–H groups in total. The highest BCUT2D eigenvalue weighted by Crippen LogP contribution is 2.30. The number of amides is 4. The van der Waals surface area contributed by atoms with Crippen LogP contribution in [-0.4, -0.2) is 68.1 Å². The van der Waals surface area contributed by atoms with Crippen LogP contribution in [0, 0.1) is 0 Å². The summed E-state index contributed by atoms with van der Waals surface area (Å²) in [5.41, 5.74) is 3.02. The molecule has 3 aromatic rings. The minimum absolute atomic E-state index is 0.222. The van der Waals surface area contributed by atoms with Crippen molar-refractivity contribution in [3.8, 4) is 17.0 Å². The van der Waals surface area contributed by atoms with Gasteiger partial charge >= 0.3 is 0 Å². The summed E-state index contributed by atoms with van der Waals surface area (Å²) in [6.45, 7) is 2.57. The standard InChI is InChI=1S/C28H29N5O6S/c34-24-9-8-22(27(37)32-24)18-4-6-20(7-5-18)30-25(35)15-29-26(36)16-39-21-3-1-2-19(14-21)23-17-40-28(31-23)33-10-12-38-13-11-33/h1-7,14,17,22H,8-13,15-16H2,(H,29,36)(H,30,35)(H,32,34,37). The van der Waals surface area contributed by atoms with Gasteiger partial charge in [-0.3, -0.25) is 24.5 Å². The van der Waals surface area contributed by atoms with Crippen molar-refractivity contribution in [3.63, 3.8) is 0 Å². The Hall–Kier alpha value is -4.29. The number of anilines is 2. The summed E-state index contributed by atoms with van der Waals surface area (Å²) in [5.74, 6) is -1.28. The molecule has 0 aliphatic carbocycles. The Labute approximate surface area is 234 Å². The zero-order valence-electron chi connectivity index (χ0n) is 21.7. The number of nitrogens with zero attached hydrogens (tertiary/aromatic N) is 2. The van der Waals surface area contributed by atoms with Gasteiger partial charge < -0.3 is 25.0 Å². The van der Waals surface area contributed by atoms with E-state index in [0.29, 0.717) is 37.5 Å². The predicted molar refractivity (Wildman–Crippen MR) is 149 cm³/mol. The lowest BCUT2D eigenvalue weighted by Gasteiger charge is -2.26. The molecule has 12 heteroatoms. The average molecular weight is 564 g/mol. The molecular formula is C28H29N5O6S. The van der Waals surface area contributed by atoms with Crippen LogP contribution in [0.3, 0.4) is 0 Å². The minimum Gasteiger partial charge on any atom is -0.484 e. The van der Waals surface area contributed by atoms with Gasteiger partial charge in [0, 0.05) is 36.1 Å². The Bertz CT molecular complexity index is 1390. The lowest BCUT2D eigenvalue weighted by Crippen LogP contribution is -2.39. The summed E-state index contributed by atoms with van der Waals surface area (Å²) >= 11 is 1.58. The highest BCUT2D eigenvalue weighted by molar-refractivity contribution is 7.14. The van der Waals surface area contributed by atoms with Gasteiger partial charge in [0.2, 0.25) is 17.7 Å². The first-order valence-corrected chi connectivity index (χ1v) is 13.8. The first kappa shape index (κ1) is 27.3. The van der Waals surface area contributed by atoms with Crippen LogP contribution in [0.1, 0.15) is 24.3 Å². The number of nitrogens with one attached hydrogen (secondary N) is 3. The lowest BCUT2D eigenvalue weighted by atomic mass is 9.90. The normalized spacial score (nSPS) is 17.2. The quantitative estimate of drug-likeness (QED) is 0.337. The summed E-state index contributed by atoms with van der Waals surface area (Å²) < 4.78 is 11.0. The fourth-order valence-corrected chi connectivity index (χ4v) is 5.32. The molecule has 4 amide bonds. The molecule has 1 atom stereocenters. The van der Waals surface area contributed by atoms with Gasteiger partial charge in [-0.2, -0.15) is 0 Å². The number of thiazole rings is 1. The molecule has 11 nitrogen and oxygen atoms in total. The van der Waals surface area contributed by atoms with E-state index in [1.165, 1.54) is 0 Å². The molecule has 2 fully saturated rings. The van der Waals surface area contributed by atoms with Crippen molar-refractivity contribution in [3.05, 3.63) is 59.5 Å². The molecule has 2 aliphatic heterocycles. The van der Waals surface area contributed by atoms with Crippen LogP contribution >= 0.6 is 11.3 Å². The van der Waals surface area contributed by atoms with Crippen LogP contribution in [0.4, 0.5) is 10.8 Å². The van der Waals surface area contributed by atoms with E-state index >= 15 is 0 Å². The van der Waals surface area contributed by atoms with Crippen molar-refractivity contribution in [2.24, 2.45) is 0 Å². The number of imide groups is 1. The van der Waals surface area contributed by atoms with Crippen molar-refractivity contribution in [1.29, 1.82) is 0 Å². The van der Waals surface area contributed by atoms with Crippen LogP contribution in [-0.2, 0) is 23.9 Å². The van der Waals surface area contributed by atoms with Gasteiger partial charge in [0.15, 0.2) is 11.7 Å². The number of carbonyl (C=O) groups excluding carboxylic acids is 4. The Balaban J connectivity index is 1.06.